The van der Waals surface area contributed by atoms with Crippen LogP contribution in [0.2, 0.25) is 0 Å². The number of ether oxygens (including phenoxy) is 1. The van der Waals surface area contributed by atoms with E-state index in [0.29, 0.717) is 18.3 Å². The molecule has 2 aromatic rings. The third-order valence-electron chi connectivity index (χ3n) is 1.65. The van der Waals surface area contributed by atoms with E-state index in [4.69, 9.17) is 10.5 Å². The molecule has 68 valence electrons. The molecule has 2 heterocycles. The van der Waals surface area contributed by atoms with E-state index in [-0.39, 0.29) is 0 Å². The minimum atomic E-state index is 0.307. The van der Waals surface area contributed by atoms with Crippen molar-refractivity contribution >= 4 is 5.78 Å². The molecule has 0 saturated heterocycles. The van der Waals surface area contributed by atoms with Gasteiger partial charge >= 0.3 is 6.01 Å². The first-order valence-electron chi connectivity index (χ1n) is 3.79. The minimum Gasteiger partial charge on any atom is -0.466 e. The average Bonchev–Trinajstić information content (AvgIpc) is 2.58. The molecule has 0 aromatic carbocycles. The van der Waals surface area contributed by atoms with Gasteiger partial charge in [-0.3, -0.25) is 0 Å². The number of hydrogen-bond donors (Lipinski definition) is 1. The van der Waals surface area contributed by atoms with Gasteiger partial charge < -0.3 is 10.5 Å². The van der Waals surface area contributed by atoms with Gasteiger partial charge in [-0.1, -0.05) is 0 Å². The van der Waals surface area contributed by atoms with Crippen molar-refractivity contribution in [3.63, 3.8) is 0 Å². The van der Waals surface area contributed by atoms with Crippen molar-refractivity contribution in [1.82, 2.24) is 19.6 Å². The number of fused-ring (bicyclic) bond motifs is 1. The van der Waals surface area contributed by atoms with Gasteiger partial charge in [-0.05, 0) is 0 Å². The van der Waals surface area contributed by atoms with Gasteiger partial charge in [-0.15, -0.1) is 5.10 Å². The SMILES string of the molecule is COc1nc2ncc(CN)cn2n1. The average molecular weight is 179 g/mol. The van der Waals surface area contributed by atoms with Crippen LogP contribution in [0.25, 0.3) is 5.78 Å². The number of methoxy groups -OCH3 is 1. The number of hydrogen-bond acceptors (Lipinski definition) is 5. The van der Waals surface area contributed by atoms with Gasteiger partial charge in [0.2, 0.25) is 0 Å². The van der Waals surface area contributed by atoms with E-state index in [2.05, 4.69) is 15.1 Å². The molecule has 0 unspecified atom stereocenters. The molecular formula is C7H9N5O. The molecule has 2 N–H and O–H groups in total. The number of aromatic nitrogens is 4. The summed E-state index contributed by atoms with van der Waals surface area (Å²) in [4.78, 5) is 8.03. The van der Waals surface area contributed by atoms with Gasteiger partial charge in [0.1, 0.15) is 0 Å². The molecule has 2 rings (SSSR count). The minimum absolute atomic E-state index is 0.307. The predicted octanol–water partition coefficient (Wildman–Crippen LogP) is -0.408. The van der Waals surface area contributed by atoms with E-state index in [0.717, 1.165) is 5.56 Å². The van der Waals surface area contributed by atoms with Crippen LogP contribution in [0.15, 0.2) is 12.4 Å². The molecule has 0 saturated carbocycles. The molecule has 6 nitrogen and oxygen atoms in total. The van der Waals surface area contributed by atoms with Crippen LogP contribution in [0.5, 0.6) is 6.01 Å². The second kappa shape index (κ2) is 2.98. The lowest BCUT2D eigenvalue weighted by molar-refractivity contribution is 0.380. The molecule has 0 bridgehead atoms. The lowest BCUT2D eigenvalue weighted by Gasteiger charge is -1.94. The maximum absolute atomic E-state index is 5.45. The fourth-order valence-corrected chi connectivity index (χ4v) is 0.994. The summed E-state index contributed by atoms with van der Waals surface area (Å²) in [6.45, 7) is 0.436. The van der Waals surface area contributed by atoms with Crippen molar-refractivity contribution in [1.29, 1.82) is 0 Å². The molecule has 0 amide bonds. The van der Waals surface area contributed by atoms with Crippen LogP contribution in [0, 0.1) is 0 Å². The Morgan fingerprint density at radius 2 is 2.46 bits per heavy atom. The van der Waals surface area contributed by atoms with E-state index < -0.39 is 0 Å². The highest BCUT2D eigenvalue weighted by molar-refractivity contribution is 5.28. The smallest absolute Gasteiger partial charge is 0.337 e. The summed E-state index contributed by atoms with van der Waals surface area (Å²) in [5, 5.41) is 4.01. The number of rotatable bonds is 2. The number of nitrogens with zero attached hydrogens (tertiary/aromatic N) is 4. The quantitative estimate of drug-likeness (QED) is 0.678. The van der Waals surface area contributed by atoms with Gasteiger partial charge in [0.25, 0.3) is 5.78 Å². The van der Waals surface area contributed by atoms with Crippen molar-refractivity contribution in [2.45, 2.75) is 6.54 Å². The highest BCUT2D eigenvalue weighted by Gasteiger charge is 2.03. The Bertz CT molecular complexity index is 422. The maximum atomic E-state index is 5.45. The molecule has 2 aromatic heterocycles. The predicted molar refractivity (Wildman–Crippen MR) is 45.2 cm³/mol. The fraction of sp³-hybridized carbons (Fsp3) is 0.286. The van der Waals surface area contributed by atoms with Crippen LogP contribution in [0.3, 0.4) is 0 Å². The van der Waals surface area contributed by atoms with E-state index in [1.807, 2.05) is 0 Å². The summed E-state index contributed by atoms with van der Waals surface area (Å²) in [5.41, 5.74) is 6.35. The monoisotopic (exact) mass is 179 g/mol. The molecule has 6 heteroatoms. The van der Waals surface area contributed by atoms with Crippen molar-refractivity contribution in [3.05, 3.63) is 18.0 Å². The summed E-state index contributed by atoms with van der Waals surface area (Å²) in [6.07, 6.45) is 3.45. The summed E-state index contributed by atoms with van der Waals surface area (Å²) in [7, 11) is 1.51. The molecule has 0 atom stereocenters. The van der Waals surface area contributed by atoms with Gasteiger partial charge in [0, 0.05) is 24.5 Å². The Morgan fingerprint density at radius 1 is 1.62 bits per heavy atom. The standard InChI is InChI=1S/C7H9N5O/c1-13-7-10-6-9-3-5(2-8)4-12(6)11-7/h3-4H,2,8H2,1H3. The van der Waals surface area contributed by atoms with Gasteiger partial charge in [0.15, 0.2) is 0 Å². The summed E-state index contributed by atoms with van der Waals surface area (Å²) >= 11 is 0. The van der Waals surface area contributed by atoms with E-state index in [9.17, 15) is 0 Å². The van der Waals surface area contributed by atoms with E-state index in [1.54, 1.807) is 16.9 Å². The molecule has 0 fully saturated rings. The lowest BCUT2D eigenvalue weighted by atomic mass is 10.3. The van der Waals surface area contributed by atoms with Gasteiger partial charge in [-0.2, -0.15) is 4.98 Å². The largest absolute Gasteiger partial charge is 0.466 e. The van der Waals surface area contributed by atoms with Crippen LogP contribution in [-0.2, 0) is 6.54 Å². The zero-order valence-electron chi connectivity index (χ0n) is 7.14. The van der Waals surface area contributed by atoms with E-state index >= 15 is 0 Å². The molecule has 0 aliphatic carbocycles. The van der Waals surface area contributed by atoms with Crippen molar-refractivity contribution in [2.75, 3.05) is 7.11 Å². The number of nitrogens with two attached hydrogens (primary N) is 1. The molecular weight excluding hydrogens is 170 g/mol. The van der Waals surface area contributed by atoms with Crippen LogP contribution in [-0.4, -0.2) is 26.7 Å². The third-order valence-corrected chi connectivity index (χ3v) is 1.65. The van der Waals surface area contributed by atoms with Crippen LogP contribution in [0.4, 0.5) is 0 Å². The first kappa shape index (κ1) is 7.93. The third kappa shape index (κ3) is 1.31. The van der Waals surface area contributed by atoms with Crippen molar-refractivity contribution in [3.8, 4) is 6.01 Å². The topological polar surface area (TPSA) is 78.3 Å². The zero-order valence-corrected chi connectivity index (χ0v) is 7.14. The summed E-state index contributed by atoms with van der Waals surface area (Å²) < 4.78 is 6.40. The molecule has 0 spiro atoms. The zero-order chi connectivity index (χ0) is 9.26. The van der Waals surface area contributed by atoms with Gasteiger partial charge in [0.05, 0.1) is 7.11 Å². The Labute approximate surface area is 74.4 Å². The molecule has 0 aliphatic heterocycles. The molecule has 0 aliphatic rings. The Kier molecular flexibility index (Phi) is 1.82. The second-order valence-corrected chi connectivity index (χ2v) is 2.51. The van der Waals surface area contributed by atoms with Crippen molar-refractivity contribution < 1.29 is 4.74 Å². The van der Waals surface area contributed by atoms with Crippen molar-refractivity contribution in [2.24, 2.45) is 5.73 Å². The summed E-state index contributed by atoms with van der Waals surface area (Å²) in [6, 6.07) is 0.307. The van der Waals surface area contributed by atoms with Crippen LogP contribution < -0.4 is 10.5 Å². The van der Waals surface area contributed by atoms with Crippen LogP contribution >= 0.6 is 0 Å². The Hall–Kier alpha value is -1.69. The van der Waals surface area contributed by atoms with Crippen LogP contribution in [0.1, 0.15) is 5.56 Å². The lowest BCUT2D eigenvalue weighted by Crippen LogP contribution is -2.00. The molecule has 0 radical (unpaired) electrons. The van der Waals surface area contributed by atoms with Gasteiger partial charge in [-0.25, -0.2) is 9.50 Å². The Morgan fingerprint density at radius 3 is 3.15 bits per heavy atom. The summed E-state index contributed by atoms with van der Waals surface area (Å²) in [5.74, 6) is 0.508. The normalized spacial score (nSPS) is 10.6. The fourth-order valence-electron chi connectivity index (χ4n) is 0.994. The maximum Gasteiger partial charge on any atom is 0.337 e. The van der Waals surface area contributed by atoms with E-state index in [1.165, 1.54) is 7.11 Å². The molecule has 13 heavy (non-hydrogen) atoms. The highest BCUT2D eigenvalue weighted by Crippen LogP contribution is 2.05. The first-order valence-corrected chi connectivity index (χ1v) is 3.79. The highest BCUT2D eigenvalue weighted by atomic mass is 16.5. The Balaban J connectivity index is 2.57. The first-order chi connectivity index (χ1) is 6.33. The second-order valence-electron chi connectivity index (χ2n) is 2.51.